The minimum atomic E-state index is -0.476. The second-order valence-corrected chi connectivity index (χ2v) is 5.56. The van der Waals surface area contributed by atoms with Gasteiger partial charge in [-0.05, 0) is 27.7 Å². The van der Waals surface area contributed by atoms with Crippen LogP contribution in [0.5, 0.6) is 0 Å². The molecule has 1 heterocycles. The van der Waals surface area contributed by atoms with Gasteiger partial charge in [-0.25, -0.2) is 4.79 Å². The van der Waals surface area contributed by atoms with Gasteiger partial charge in [0, 0.05) is 18.8 Å². The molecule has 1 rings (SSSR count). The molecule has 1 aliphatic rings. The van der Waals surface area contributed by atoms with Crippen LogP contribution in [0.2, 0.25) is 0 Å². The van der Waals surface area contributed by atoms with Gasteiger partial charge in [0.05, 0.1) is 13.1 Å². The summed E-state index contributed by atoms with van der Waals surface area (Å²) < 4.78 is 10.8. The quantitative estimate of drug-likeness (QED) is 0.622. The molecule has 0 radical (unpaired) electrons. The van der Waals surface area contributed by atoms with Crippen LogP contribution in [0.15, 0.2) is 16.4 Å². The van der Waals surface area contributed by atoms with Gasteiger partial charge in [0.25, 0.3) is 0 Å². The maximum atomic E-state index is 11.7. The molecular formula is C13H23N3O3. The Labute approximate surface area is 114 Å². The minimum Gasteiger partial charge on any atom is -0.472 e. The topological polar surface area (TPSA) is 77.2 Å². The van der Waals surface area contributed by atoms with Gasteiger partial charge in [-0.15, -0.1) is 0 Å². The Bertz CT molecular complexity index is 390. The van der Waals surface area contributed by atoms with Gasteiger partial charge in [-0.1, -0.05) is 0 Å². The van der Waals surface area contributed by atoms with Crippen molar-refractivity contribution in [2.75, 3.05) is 20.1 Å². The third-order valence-corrected chi connectivity index (χ3v) is 2.50. The average molecular weight is 269 g/mol. The Balaban J connectivity index is 2.39. The van der Waals surface area contributed by atoms with Crippen molar-refractivity contribution >= 4 is 12.3 Å². The van der Waals surface area contributed by atoms with Crippen molar-refractivity contribution in [1.82, 2.24) is 4.90 Å². The molecule has 1 saturated heterocycles. The number of hydrogen-bond donors (Lipinski definition) is 1. The first-order chi connectivity index (χ1) is 8.73. The molecule has 0 aliphatic carbocycles. The van der Waals surface area contributed by atoms with Crippen LogP contribution in [-0.2, 0) is 9.47 Å². The fourth-order valence-corrected chi connectivity index (χ4v) is 1.52. The van der Waals surface area contributed by atoms with E-state index in [4.69, 9.17) is 15.2 Å². The molecule has 0 aromatic heterocycles. The van der Waals surface area contributed by atoms with E-state index in [-0.39, 0.29) is 12.2 Å². The molecule has 0 bridgehead atoms. The van der Waals surface area contributed by atoms with Crippen LogP contribution in [0.4, 0.5) is 4.79 Å². The number of nitrogens with zero attached hydrogens (tertiary/aromatic N) is 2. The Kier molecular flexibility index (Phi) is 4.80. The molecule has 0 spiro atoms. The van der Waals surface area contributed by atoms with Gasteiger partial charge in [0.1, 0.15) is 11.7 Å². The van der Waals surface area contributed by atoms with Crippen molar-refractivity contribution in [2.45, 2.75) is 39.4 Å². The molecule has 19 heavy (non-hydrogen) atoms. The summed E-state index contributed by atoms with van der Waals surface area (Å²) >= 11 is 0. The van der Waals surface area contributed by atoms with Gasteiger partial charge >= 0.3 is 6.09 Å². The predicted octanol–water partition coefficient (Wildman–Crippen LogP) is 1.51. The largest absolute Gasteiger partial charge is 0.472 e. The standard InChI is InChI=1S/C13H23N3O3/c1-9(6-15-5)11(14)18-10-7-16(8-10)12(17)19-13(2,3)4/h6,10H,7-8,14H2,1-5H3. The van der Waals surface area contributed by atoms with E-state index in [9.17, 15) is 4.79 Å². The number of hydrogen-bond acceptors (Lipinski definition) is 5. The summed E-state index contributed by atoms with van der Waals surface area (Å²) in [5.41, 5.74) is 6.07. The van der Waals surface area contributed by atoms with Gasteiger partial charge in [0.15, 0.2) is 5.88 Å². The maximum Gasteiger partial charge on any atom is 0.410 e. The normalized spacial score (nSPS) is 18.1. The van der Waals surface area contributed by atoms with E-state index in [0.29, 0.717) is 19.0 Å². The maximum absolute atomic E-state index is 11.7. The summed E-state index contributed by atoms with van der Waals surface area (Å²) in [7, 11) is 1.67. The van der Waals surface area contributed by atoms with Gasteiger partial charge in [0.2, 0.25) is 0 Å². The highest BCUT2D eigenvalue weighted by atomic mass is 16.6. The number of allylic oxidation sites excluding steroid dienone is 1. The molecule has 0 saturated carbocycles. The van der Waals surface area contributed by atoms with Crippen LogP contribution in [0.25, 0.3) is 0 Å². The molecule has 1 fully saturated rings. The van der Waals surface area contributed by atoms with E-state index in [1.54, 1.807) is 18.2 Å². The number of carbonyl (C=O) groups excluding carboxylic acids is 1. The number of ether oxygens (including phenoxy) is 2. The molecule has 0 atom stereocenters. The smallest absolute Gasteiger partial charge is 0.410 e. The van der Waals surface area contributed by atoms with Crippen molar-refractivity contribution in [3.05, 3.63) is 11.5 Å². The van der Waals surface area contributed by atoms with E-state index >= 15 is 0 Å². The average Bonchev–Trinajstić information content (AvgIpc) is 2.19. The second kappa shape index (κ2) is 5.95. The Hall–Kier alpha value is -1.72. The molecule has 0 unspecified atom stereocenters. The van der Waals surface area contributed by atoms with E-state index in [2.05, 4.69) is 4.99 Å². The molecule has 108 valence electrons. The van der Waals surface area contributed by atoms with E-state index in [0.717, 1.165) is 5.57 Å². The number of nitrogens with two attached hydrogens (primary N) is 1. The third-order valence-electron chi connectivity index (χ3n) is 2.50. The lowest BCUT2D eigenvalue weighted by atomic mass is 10.1. The SMILES string of the molecule is CN=CC(C)=C(N)OC1CN(C(=O)OC(C)(C)C)C1. The highest BCUT2D eigenvalue weighted by Gasteiger charge is 2.35. The highest BCUT2D eigenvalue weighted by molar-refractivity contribution is 5.78. The number of aliphatic imine (C=N–C) groups is 1. The fraction of sp³-hybridized carbons (Fsp3) is 0.692. The number of rotatable bonds is 3. The summed E-state index contributed by atoms with van der Waals surface area (Å²) in [6.07, 6.45) is 1.24. The Morgan fingerprint density at radius 3 is 2.47 bits per heavy atom. The summed E-state index contributed by atoms with van der Waals surface area (Å²) in [4.78, 5) is 17.1. The molecule has 0 aromatic rings. The van der Waals surface area contributed by atoms with Crippen LogP contribution in [0.1, 0.15) is 27.7 Å². The third kappa shape index (κ3) is 4.81. The van der Waals surface area contributed by atoms with Crippen LogP contribution in [-0.4, -0.2) is 49.0 Å². The summed E-state index contributed by atoms with van der Waals surface area (Å²) in [6, 6.07) is 0. The molecular weight excluding hydrogens is 246 g/mol. The lowest BCUT2D eigenvalue weighted by Crippen LogP contribution is -2.56. The fourth-order valence-electron chi connectivity index (χ4n) is 1.52. The first-order valence-corrected chi connectivity index (χ1v) is 6.26. The molecule has 1 amide bonds. The summed E-state index contributed by atoms with van der Waals surface area (Å²) in [5, 5.41) is 0. The lowest BCUT2D eigenvalue weighted by Gasteiger charge is -2.39. The van der Waals surface area contributed by atoms with Crippen molar-refractivity contribution < 1.29 is 14.3 Å². The zero-order valence-electron chi connectivity index (χ0n) is 12.3. The van der Waals surface area contributed by atoms with Crippen molar-refractivity contribution in [1.29, 1.82) is 0 Å². The van der Waals surface area contributed by atoms with Crippen molar-refractivity contribution in [3.8, 4) is 0 Å². The molecule has 2 N–H and O–H groups in total. The van der Waals surface area contributed by atoms with Crippen molar-refractivity contribution in [3.63, 3.8) is 0 Å². The van der Waals surface area contributed by atoms with E-state index < -0.39 is 5.60 Å². The Morgan fingerprint density at radius 2 is 2.00 bits per heavy atom. The van der Waals surface area contributed by atoms with Gasteiger partial charge in [-0.3, -0.25) is 4.99 Å². The number of carbonyl (C=O) groups is 1. The Morgan fingerprint density at radius 1 is 1.42 bits per heavy atom. The minimum absolute atomic E-state index is 0.0762. The summed E-state index contributed by atoms with van der Waals surface area (Å²) in [5.74, 6) is 0.347. The van der Waals surface area contributed by atoms with Crippen LogP contribution >= 0.6 is 0 Å². The zero-order valence-corrected chi connectivity index (χ0v) is 12.3. The number of likely N-dealkylation sites (tertiary alicyclic amines) is 1. The molecule has 0 aromatic carbocycles. The van der Waals surface area contributed by atoms with Crippen LogP contribution in [0.3, 0.4) is 0 Å². The van der Waals surface area contributed by atoms with Crippen LogP contribution < -0.4 is 5.73 Å². The van der Waals surface area contributed by atoms with E-state index in [1.165, 1.54) is 0 Å². The first kappa shape index (κ1) is 15.3. The van der Waals surface area contributed by atoms with Crippen LogP contribution in [0, 0.1) is 0 Å². The highest BCUT2D eigenvalue weighted by Crippen LogP contribution is 2.18. The predicted molar refractivity (Wildman–Crippen MR) is 74.0 cm³/mol. The molecule has 6 nitrogen and oxygen atoms in total. The van der Waals surface area contributed by atoms with Gasteiger partial charge in [-0.2, -0.15) is 0 Å². The zero-order chi connectivity index (χ0) is 14.6. The second-order valence-electron chi connectivity index (χ2n) is 5.56. The molecule has 6 heteroatoms. The first-order valence-electron chi connectivity index (χ1n) is 6.26. The summed E-state index contributed by atoms with van der Waals surface area (Å²) in [6.45, 7) is 8.33. The van der Waals surface area contributed by atoms with Crippen molar-refractivity contribution in [2.24, 2.45) is 10.7 Å². The van der Waals surface area contributed by atoms with E-state index in [1.807, 2.05) is 27.7 Å². The molecule has 1 aliphatic heterocycles. The number of amides is 1. The lowest BCUT2D eigenvalue weighted by molar-refractivity contribution is -0.0428. The monoisotopic (exact) mass is 269 g/mol. The van der Waals surface area contributed by atoms with Gasteiger partial charge < -0.3 is 20.1 Å².